The average Bonchev–Trinajstić information content (AvgIpc) is 2.91. The molecule has 6 N–H and O–H groups in total. The molecule has 0 radical (unpaired) electrons. The Hall–Kier alpha value is -5.49. The molecule has 0 amide bonds. The summed E-state index contributed by atoms with van der Waals surface area (Å²) < 4.78 is 16.1. The molecule has 1 aromatic heterocycles. The van der Waals surface area contributed by atoms with Crippen LogP contribution in [0, 0.1) is 22.8 Å². The molecule has 1 unspecified atom stereocenters. The predicted molar refractivity (Wildman–Crippen MR) is 135 cm³/mol. The Kier molecular flexibility index (Phi) is 7.21. The van der Waals surface area contributed by atoms with Gasteiger partial charge in [-0.05, 0) is 42.0 Å². The Morgan fingerprint density at radius 2 is 1.68 bits per heavy atom. The van der Waals surface area contributed by atoms with Gasteiger partial charge in [0.05, 0.1) is 18.4 Å². The number of anilines is 3. The first kappa shape index (κ1) is 24.6. The molecule has 0 aliphatic carbocycles. The number of hydrogen-bond acceptors (Lipinski definition) is 12. The quantitative estimate of drug-likeness (QED) is 0.161. The van der Waals surface area contributed by atoms with E-state index in [2.05, 4.69) is 25.3 Å². The van der Waals surface area contributed by atoms with Crippen LogP contribution in [-0.2, 0) is 4.74 Å². The van der Waals surface area contributed by atoms with Crippen LogP contribution in [0.25, 0.3) is 0 Å². The number of nitrogens with zero attached hydrogens (tertiary/aromatic N) is 4. The molecule has 37 heavy (non-hydrogen) atoms. The van der Waals surface area contributed by atoms with E-state index in [-0.39, 0.29) is 36.2 Å². The van der Waals surface area contributed by atoms with Gasteiger partial charge < -0.3 is 31.0 Å². The van der Waals surface area contributed by atoms with Gasteiger partial charge >= 0.3 is 5.97 Å². The number of nitrogens with two attached hydrogens (primary N) is 2. The second kappa shape index (κ2) is 10.8. The highest BCUT2D eigenvalue weighted by Crippen LogP contribution is 2.40. The highest BCUT2D eigenvalue weighted by Gasteiger charge is 2.29. The highest BCUT2D eigenvalue weighted by atomic mass is 16.5. The number of aromatic nitrogens is 1. The number of methoxy groups -OCH3 is 1. The highest BCUT2D eigenvalue weighted by molar-refractivity contribution is 5.98. The van der Waals surface area contributed by atoms with Gasteiger partial charge in [0.25, 0.3) is 0 Å². The van der Waals surface area contributed by atoms with Crippen molar-refractivity contribution in [3.63, 3.8) is 0 Å². The van der Waals surface area contributed by atoms with Gasteiger partial charge in [-0.25, -0.2) is 14.8 Å². The number of ether oxygens (including phenoxy) is 3. The first-order valence-electron chi connectivity index (χ1n) is 11.0. The standard InChI is InChI=1S/C25H22N8O4/c1-35-24(34)15-4-8-17(9-5-15)37-11-10-36-16-6-2-14(3-7-16)21-19-20(28)18(12-26)22(29)32-23(19)33-25(31-21)30-13-27/h2-9,21H,10-11H2,1H3,(H6,28,29,30,31,32,33). The number of fused-ring (bicyclic) bond motifs is 1. The minimum atomic E-state index is -0.641. The van der Waals surface area contributed by atoms with Crippen LogP contribution in [0.15, 0.2) is 53.5 Å². The monoisotopic (exact) mass is 498 g/mol. The first-order chi connectivity index (χ1) is 17.9. The van der Waals surface area contributed by atoms with E-state index in [1.165, 1.54) is 7.11 Å². The van der Waals surface area contributed by atoms with Gasteiger partial charge in [0.2, 0.25) is 5.96 Å². The van der Waals surface area contributed by atoms with Gasteiger partial charge in [0.1, 0.15) is 54.0 Å². The third kappa shape index (κ3) is 5.28. The molecule has 186 valence electrons. The van der Waals surface area contributed by atoms with Gasteiger partial charge in [-0.3, -0.25) is 5.32 Å². The fourth-order valence-corrected chi connectivity index (χ4v) is 3.69. The number of guanidine groups is 1. The maximum atomic E-state index is 11.5. The lowest BCUT2D eigenvalue weighted by Crippen LogP contribution is -2.32. The van der Waals surface area contributed by atoms with Crippen molar-refractivity contribution in [2.24, 2.45) is 4.99 Å². The normalized spacial score (nSPS) is 13.6. The fourth-order valence-electron chi connectivity index (χ4n) is 3.69. The molecular weight excluding hydrogens is 476 g/mol. The fraction of sp³-hybridized carbons (Fsp3) is 0.160. The molecule has 2 heterocycles. The second-order valence-electron chi connectivity index (χ2n) is 7.68. The van der Waals surface area contributed by atoms with Gasteiger partial charge in [-0.2, -0.15) is 10.5 Å². The number of hydrogen-bond donors (Lipinski definition) is 4. The minimum Gasteiger partial charge on any atom is -0.490 e. The maximum absolute atomic E-state index is 11.5. The van der Waals surface area contributed by atoms with Gasteiger partial charge in [0.15, 0.2) is 6.19 Å². The Labute approximate surface area is 212 Å². The molecule has 12 nitrogen and oxygen atoms in total. The van der Waals surface area contributed by atoms with E-state index in [1.807, 2.05) is 12.3 Å². The SMILES string of the molecule is COC(=O)c1ccc(OCCOc2ccc(C3N=C(NC#N)Nc4nc(N)c(C#N)c(N)c43)cc2)cc1. The van der Waals surface area contributed by atoms with Crippen molar-refractivity contribution in [2.75, 3.05) is 37.1 Å². The van der Waals surface area contributed by atoms with E-state index < -0.39 is 12.0 Å². The number of carbonyl (C=O) groups is 1. The topological polar surface area (TPSA) is 194 Å². The molecule has 0 saturated heterocycles. The van der Waals surface area contributed by atoms with Crippen LogP contribution in [0.4, 0.5) is 17.3 Å². The van der Waals surface area contributed by atoms with Crippen molar-refractivity contribution in [1.82, 2.24) is 10.3 Å². The predicted octanol–water partition coefficient (Wildman–Crippen LogP) is 2.30. The third-order valence-corrected chi connectivity index (χ3v) is 5.45. The van der Waals surface area contributed by atoms with Crippen LogP contribution >= 0.6 is 0 Å². The van der Waals surface area contributed by atoms with Gasteiger partial charge in [0, 0.05) is 5.56 Å². The number of pyridine rings is 1. The molecular formula is C25H22N8O4. The average molecular weight is 499 g/mol. The van der Waals surface area contributed by atoms with Crippen molar-refractivity contribution in [3.05, 3.63) is 70.8 Å². The van der Waals surface area contributed by atoms with Gasteiger partial charge in [-0.15, -0.1) is 0 Å². The van der Waals surface area contributed by atoms with E-state index in [4.69, 9.17) is 26.2 Å². The van der Waals surface area contributed by atoms with Crippen LogP contribution in [0.1, 0.15) is 33.1 Å². The van der Waals surface area contributed by atoms with E-state index in [1.54, 1.807) is 48.5 Å². The number of nitrogens with one attached hydrogen (secondary N) is 2. The summed E-state index contributed by atoms with van der Waals surface area (Å²) in [5.41, 5.74) is 14.0. The smallest absolute Gasteiger partial charge is 0.337 e. The van der Waals surface area contributed by atoms with Crippen molar-refractivity contribution in [1.29, 1.82) is 10.5 Å². The molecule has 0 spiro atoms. The molecule has 0 saturated carbocycles. The molecule has 4 rings (SSSR count). The zero-order valence-electron chi connectivity index (χ0n) is 19.7. The van der Waals surface area contributed by atoms with Crippen LogP contribution in [-0.4, -0.2) is 37.2 Å². The molecule has 0 fully saturated rings. The number of benzene rings is 2. The summed E-state index contributed by atoms with van der Waals surface area (Å²) in [5.74, 6) is 1.25. The number of rotatable bonds is 7. The molecule has 3 aromatic rings. The van der Waals surface area contributed by atoms with Crippen molar-refractivity contribution in [3.8, 4) is 23.8 Å². The summed E-state index contributed by atoms with van der Waals surface area (Å²) in [4.78, 5) is 20.3. The lowest BCUT2D eigenvalue weighted by Gasteiger charge is -2.26. The number of nitrogen functional groups attached to an aromatic ring is 2. The van der Waals surface area contributed by atoms with Gasteiger partial charge in [-0.1, -0.05) is 12.1 Å². The summed E-state index contributed by atoms with van der Waals surface area (Å²) in [6.45, 7) is 0.569. The lowest BCUT2D eigenvalue weighted by molar-refractivity contribution is 0.0600. The summed E-state index contributed by atoms with van der Waals surface area (Å²) >= 11 is 0. The Balaban J connectivity index is 1.44. The number of nitriles is 2. The van der Waals surface area contributed by atoms with E-state index >= 15 is 0 Å². The molecule has 1 aliphatic rings. The zero-order valence-corrected chi connectivity index (χ0v) is 19.7. The van der Waals surface area contributed by atoms with Crippen molar-refractivity contribution >= 4 is 29.3 Å². The van der Waals surface area contributed by atoms with Crippen LogP contribution in [0.2, 0.25) is 0 Å². The first-order valence-corrected chi connectivity index (χ1v) is 11.0. The minimum absolute atomic E-state index is 0.0198. The number of carbonyl (C=O) groups excluding carboxylic acids is 1. The van der Waals surface area contributed by atoms with E-state index in [0.717, 1.165) is 5.56 Å². The Morgan fingerprint density at radius 3 is 2.24 bits per heavy atom. The summed E-state index contributed by atoms with van der Waals surface area (Å²) in [6.07, 6.45) is 1.81. The van der Waals surface area contributed by atoms with Crippen LogP contribution in [0.3, 0.4) is 0 Å². The summed E-state index contributed by atoms with van der Waals surface area (Å²) in [7, 11) is 1.33. The Morgan fingerprint density at radius 1 is 1.05 bits per heavy atom. The van der Waals surface area contributed by atoms with E-state index in [9.17, 15) is 10.1 Å². The van der Waals surface area contributed by atoms with Crippen LogP contribution in [0.5, 0.6) is 11.5 Å². The summed E-state index contributed by atoms with van der Waals surface area (Å²) in [6, 6.07) is 15.1. The van der Waals surface area contributed by atoms with Crippen molar-refractivity contribution in [2.45, 2.75) is 6.04 Å². The Bertz CT molecular complexity index is 1420. The molecule has 2 aromatic carbocycles. The largest absolute Gasteiger partial charge is 0.490 e. The molecule has 0 bridgehead atoms. The maximum Gasteiger partial charge on any atom is 0.337 e. The van der Waals surface area contributed by atoms with Crippen LogP contribution < -0.4 is 31.6 Å². The molecule has 1 aliphatic heterocycles. The third-order valence-electron chi connectivity index (χ3n) is 5.45. The number of esters is 1. The lowest BCUT2D eigenvalue weighted by atomic mass is 9.95. The number of aliphatic imine (C=N–C) groups is 1. The van der Waals surface area contributed by atoms with E-state index in [0.29, 0.717) is 28.4 Å². The molecule has 1 atom stereocenters. The molecule has 12 heteroatoms. The zero-order chi connectivity index (χ0) is 26.4. The van der Waals surface area contributed by atoms with Crippen molar-refractivity contribution < 1.29 is 19.0 Å². The summed E-state index contributed by atoms with van der Waals surface area (Å²) in [5, 5.41) is 23.8. The second-order valence-corrected chi connectivity index (χ2v) is 7.68.